The molecule has 2 heteroatoms. The molecule has 0 spiro atoms. The minimum absolute atomic E-state index is 0.741. The quantitative estimate of drug-likeness (QED) is 0.746. The van der Waals surface area contributed by atoms with E-state index in [9.17, 15) is 0 Å². The Balaban J connectivity index is 2.47. The van der Waals surface area contributed by atoms with Crippen LogP contribution in [-0.4, -0.2) is 19.7 Å². The zero-order chi connectivity index (χ0) is 12.0. The first-order valence-electron chi connectivity index (χ1n) is 6.06. The van der Waals surface area contributed by atoms with E-state index < -0.39 is 0 Å². The fourth-order valence-corrected chi connectivity index (χ4v) is 1.92. The van der Waals surface area contributed by atoms with Crippen LogP contribution < -0.4 is 10.1 Å². The van der Waals surface area contributed by atoms with Crippen LogP contribution in [0.3, 0.4) is 0 Å². The molecule has 0 aliphatic heterocycles. The van der Waals surface area contributed by atoms with Gasteiger partial charge in [0.2, 0.25) is 0 Å². The number of nitrogens with one attached hydrogen (secondary N) is 1. The number of aryl methyl sites for hydroxylation is 3. The molecule has 0 unspecified atom stereocenters. The van der Waals surface area contributed by atoms with Gasteiger partial charge in [-0.15, -0.1) is 0 Å². The normalized spacial score (nSPS) is 10.5. The summed E-state index contributed by atoms with van der Waals surface area (Å²) >= 11 is 0. The first-order chi connectivity index (χ1) is 7.65. The number of hydrogen-bond donors (Lipinski definition) is 1. The molecule has 0 saturated carbocycles. The van der Waals surface area contributed by atoms with Crippen LogP contribution in [0.5, 0.6) is 5.75 Å². The van der Waals surface area contributed by atoms with Crippen molar-refractivity contribution in [3.05, 3.63) is 28.8 Å². The second kappa shape index (κ2) is 6.54. The Labute approximate surface area is 99.0 Å². The number of rotatable bonds is 6. The largest absolute Gasteiger partial charge is 0.492 e. The van der Waals surface area contributed by atoms with E-state index in [1.54, 1.807) is 0 Å². The smallest absolute Gasteiger partial charge is 0.125 e. The molecule has 0 bridgehead atoms. The summed E-state index contributed by atoms with van der Waals surface area (Å²) in [5.41, 5.74) is 3.76. The predicted octanol–water partition coefficient (Wildman–Crippen LogP) is 2.99. The van der Waals surface area contributed by atoms with Crippen molar-refractivity contribution in [2.75, 3.05) is 19.7 Å². The Morgan fingerprint density at radius 2 is 1.69 bits per heavy atom. The molecule has 0 fully saturated rings. The molecular formula is C14H23NO. The van der Waals surface area contributed by atoms with Gasteiger partial charge in [0.05, 0.1) is 0 Å². The molecule has 1 aromatic carbocycles. The summed E-state index contributed by atoms with van der Waals surface area (Å²) in [4.78, 5) is 0. The van der Waals surface area contributed by atoms with Crippen LogP contribution in [0, 0.1) is 20.8 Å². The van der Waals surface area contributed by atoms with Gasteiger partial charge in [-0.3, -0.25) is 0 Å². The standard InChI is InChI=1S/C14H23NO/c1-5-6-15-7-8-16-14-12(3)9-11(2)10-13(14)4/h9-10,15H,5-8H2,1-4H3. The van der Waals surface area contributed by atoms with Crippen molar-refractivity contribution in [3.63, 3.8) is 0 Å². The molecule has 0 aliphatic rings. The molecule has 16 heavy (non-hydrogen) atoms. The summed E-state index contributed by atoms with van der Waals surface area (Å²) in [5, 5.41) is 3.33. The highest BCUT2D eigenvalue weighted by molar-refractivity contribution is 5.42. The molecule has 0 radical (unpaired) electrons. The summed E-state index contributed by atoms with van der Waals surface area (Å²) in [7, 11) is 0. The van der Waals surface area contributed by atoms with E-state index in [1.807, 2.05) is 0 Å². The second-order valence-electron chi connectivity index (χ2n) is 4.33. The maximum Gasteiger partial charge on any atom is 0.125 e. The van der Waals surface area contributed by atoms with Crippen molar-refractivity contribution in [1.29, 1.82) is 0 Å². The number of hydrogen-bond acceptors (Lipinski definition) is 2. The van der Waals surface area contributed by atoms with Gasteiger partial charge in [-0.05, 0) is 44.9 Å². The highest BCUT2D eigenvalue weighted by Crippen LogP contribution is 2.24. The second-order valence-corrected chi connectivity index (χ2v) is 4.33. The fourth-order valence-electron chi connectivity index (χ4n) is 1.92. The maximum atomic E-state index is 5.81. The van der Waals surface area contributed by atoms with Crippen LogP contribution in [0.15, 0.2) is 12.1 Å². The van der Waals surface area contributed by atoms with Gasteiger partial charge in [0.1, 0.15) is 12.4 Å². The third kappa shape index (κ3) is 3.86. The highest BCUT2D eigenvalue weighted by Gasteiger charge is 2.04. The van der Waals surface area contributed by atoms with Crippen molar-refractivity contribution in [3.8, 4) is 5.75 Å². The predicted molar refractivity (Wildman–Crippen MR) is 69.3 cm³/mol. The molecule has 2 nitrogen and oxygen atoms in total. The molecular weight excluding hydrogens is 198 g/mol. The molecule has 1 rings (SSSR count). The summed E-state index contributed by atoms with van der Waals surface area (Å²) in [5.74, 6) is 1.05. The van der Waals surface area contributed by atoms with E-state index in [0.29, 0.717) is 0 Å². The summed E-state index contributed by atoms with van der Waals surface area (Å²) < 4.78 is 5.81. The molecule has 0 amide bonds. The van der Waals surface area contributed by atoms with Gasteiger partial charge in [-0.2, -0.15) is 0 Å². The zero-order valence-corrected chi connectivity index (χ0v) is 10.9. The van der Waals surface area contributed by atoms with Crippen LogP contribution >= 0.6 is 0 Å². The molecule has 0 aromatic heterocycles. The first-order valence-corrected chi connectivity index (χ1v) is 6.06. The lowest BCUT2D eigenvalue weighted by molar-refractivity contribution is 0.310. The van der Waals surface area contributed by atoms with E-state index in [0.717, 1.165) is 25.4 Å². The Bertz CT molecular complexity index is 311. The molecule has 1 aromatic rings. The van der Waals surface area contributed by atoms with Gasteiger partial charge >= 0.3 is 0 Å². The minimum atomic E-state index is 0.741. The van der Waals surface area contributed by atoms with Gasteiger partial charge < -0.3 is 10.1 Å². The topological polar surface area (TPSA) is 21.3 Å². The number of ether oxygens (including phenoxy) is 1. The van der Waals surface area contributed by atoms with E-state index in [4.69, 9.17) is 4.74 Å². The SMILES string of the molecule is CCCNCCOc1c(C)cc(C)cc1C. The van der Waals surface area contributed by atoms with Crippen molar-refractivity contribution in [1.82, 2.24) is 5.32 Å². The maximum absolute atomic E-state index is 5.81. The Morgan fingerprint density at radius 1 is 1.06 bits per heavy atom. The lowest BCUT2D eigenvalue weighted by Crippen LogP contribution is -2.21. The summed E-state index contributed by atoms with van der Waals surface area (Å²) in [6.07, 6.45) is 1.17. The molecule has 90 valence electrons. The number of benzene rings is 1. The van der Waals surface area contributed by atoms with Crippen molar-refractivity contribution < 1.29 is 4.74 Å². The van der Waals surface area contributed by atoms with Crippen LogP contribution in [0.4, 0.5) is 0 Å². The summed E-state index contributed by atoms with van der Waals surface area (Å²) in [6, 6.07) is 4.34. The zero-order valence-electron chi connectivity index (χ0n) is 10.9. The van der Waals surface area contributed by atoms with Gasteiger partial charge in [0, 0.05) is 6.54 Å². The minimum Gasteiger partial charge on any atom is -0.492 e. The van der Waals surface area contributed by atoms with Crippen LogP contribution in [0.2, 0.25) is 0 Å². The van der Waals surface area contributed by atoms with Crippen LogP contribution in [-0.2, 0) is 0 Å². The van der Waals surface area contributed by atoms with Gasteiger partial charge in [-0.1, -0.05) is 24.6 Å². The third-order valence-electron chi connectivity index (χ3n) is 2.56. The average Bonchev–Trinajstić information content (AvgIpc) is 2.20. The monoisotopic (exact) mass is 221 g/mol. The van der Waals surface area contributed by atoms with E-state index in [-0.39, 0.29) is 0 Å². The van der Waals surface area contributed by atoms with Crippen molar-refractivity contribution in [2.45, 2.75) is 34.1 Å². The van der Waals surface area contributed by atoms with Gasteiger partial charge in [0.25, 0.3) is 0 Å². The van der Waals surface area contributed by atoms with Gasteiger partial charge in [-0.25, -0.2) is 0 Å². The summed E-state index contributed by atoms with van der Waals surface area (Å²) in [6.45, 7) is 11.2. The van der Waals surface area contributed by atoms with E-state index >= 15 is 0 Å². The van der Waals surface area contributed by atoms with Crippen LogP contribution in [0.1, 0.15) is 30.0 Å². The van der Waals surface area contributed by atoms with Crippen molar-refractivity contribution >= 4 is 0 Å². The Morgan fingerprint density at radius 3 is 2.25 bits per heavy atom. The van der Waals surface area contributed by atoms with Gasteiger partial charge in [0.15, 0.2) is 0 Å². The Kier molecular flexibility index (Phi) is 5.33. The van der Waals surface area contributed by atoms with E-state index in [1.165, 1.54) is 23.1 Å². The molecule has 0 heterocycles. The van der Waals surface area contributed by atoms with E-state index in [2.05, 4.69) is 45.1 Å². The first kappa shape index (κ1) is 13.0. The fraction of sp³-hybridized carbons (Fsp3) is 0.571. The third-order valence-corrected chi connectivity index (χ3v) is 2.56. The molecule has 0 atom stereocenters. The van der Waals surface area contributed by atoms with Crippen molar-refractivity contribution in [2.24, 2.45) is 0 Å². The lowest BCUT2D eigenvalue weighted by atomic mass is 10.1. The molecule has 1 N–H and O–H groups in total. The Hall–Kier alpha value is -1.02. The molecule has 0 saturated heterocycles. The highest BCUT2D eigenvalue weighted by atomic mass is 16.5. The van der Waals surface area contributed by atoms with Crippen LogP contribution in [0.25, 0.3) is 0 Å². The average molecular weight is 221 g/mol. The molecule has 0 aliphatic carbocycles. The lowest BCUT2D eigenvalue weighted by Gasteiger charge is -2.13.